The highest BCUT2D eigenvalue weighted by atomic mass is 32.1. The second kappa shape index (κ2) is 7.81. The Labute approximate surface area is 119 Å². The van der Waals surface area contributed by atoms with Gasteiger partial charge in [-0.25, -0.2) is 0 Å². The topological polar surface area (TPSA) is 62.5 Å². The van der Waals surface area contributed by atoms with Gasteiger partial charge in [0.15, 0.2) is 0 Å². The molecule has 2 N–H and O–H groups in total. The van der Waals surface area contributed by atoms with Gasteiger partial charge in [0.1, 0.15) is 0 Å². The summed E-state index contributed by atoms with van der Waals surface area (Å²) in [6.07, 6.45) is 4.10. The second-order valence-corrected chi connectivity index (χ2v) is 5.09. The van der Waals surface area contributed by atoms with Crippen molar-refractivity contribution in [3.8, 4) is 0 Å². The van der Waals surface area contributed by atoms with Crippen molar-refractivity contribution in [2.45, 2.75) is 13.0 Å². The van der Waals surface area contributed by atoms with E-state index in [9.17, 15) is 4.79 Å². The molecule has 0 saturated carbocycles. The lowest BCUT2D eigenvalue weighted by Gasteiger charge is -2.21. The average Bonchev–Trinajstić information content (AvgIpc) is 2.36. The van der Waals surface area contributed by atoms with Crippen LogP contribution >= 0.6 is 12.2 Å². The maximum absolute atomic E-state index is 11.9. The van der Waals surface area contributed by atoms with E-state index >= 15 is 0 Å². The maximum atomic E-state index is 11.9. The van der Waals surface area contributed by atoms with Gasteiger partial charge in [-0.15, -0.1) is 0 Å². The van der Waals surface area contributed by atoms with Crippen molar-refractivity contribution in [2.75, 3.05) is 27.2 Å². The van der Waals surface area contributed by atoms with Crippen LogP contribution in [0.25, 0.3) is 0 Å². The summed E-state index contributed by atoms with van der Waals surface area (Å²) in [6.45, 7) is 1.63. The number of nitrogens with two attached hydrogens (primary N) is 1. The van der Waals surface area contributed by atoms with Crippen LogP contribution in [-0.2, 0) is 11.3 Å². The Morgan fingerprint density at radius 2 is 2.21 bits per heavy atom. The fourth-order valence-electron chi connectivity index (χ4n) is 1.61. The Morgan fingerprint density at radius 1 is 1.47 bits per heavy atom. The fraction of sp³-hybridized carbons (Fsp3) is 0.462. The van der Waals surface area contributed by atoms with Gasteiger partial charge in [0.2, 0.25) is 5.91 Å². The number of likely N-dealkylation sites (N-methyl/N-ethyl adjacent to an activating group) is 2. The van der Waals surface area contributed by atoms with E-state index in [-0.39, 0.29) is 5.91 Å². The van der Waals surface area contributed by atoms with Crippen LogP contribution in [0.1, 0.15) is 12.0 Å². The van der Waals surface area contributed by atoms with Crippen molar-refractivity contribution in [1.82, 2.24) is 14.8 Å². The number of nitrogens with zero attached hydrogens (tertiary/aromatic N) is 3. The minimum Gasteiger partial charge on any atom is -0.393 e. The van der Waals surface area contributed by atoms with Gasteiger partial charge in [-0.1, -0.05) is 18.3 Å². The third-order valence-electron chi connectivity index (χ3n) is 2.70. The third-order valence-corrected chi connectivity index (χ3v) is 2.90. The highest BCUT2D eigenvalue weighted by Crippen LogP contribution is 2.01. The van der Waals surface area contributed by atoms with Gasteiger partial charge >= 0.3 is 0 Å². The summed E-state index contributed by atoms with van der Waals surface area (Å²) in [5.41, 5.74) is 6.51. The normalized spacial score (nSPS) is 10.5. The van der Waals surface area contributed by atoms with E-state index in [0.717, 1.165) is 5.56 Å². The minimum absolute atomic E-state index is 0.0580. The number of pyridine rings is 1. The van der Waals surface area contributed by atoms with E-state index in [4.69, 9.17) is 18.0 Å². The Kier molecular flexibility index (Phi) is 6.38. The Balaban J connectivity index is 2.37. The molecule has 0 atom stereocenters. The Bertz CT molecular complexity index is 424. The van der Waals surface area contributed by atoms with Crippen LogP contribution < -0.4 is 5.73 Å². The molecule has 0 aliphatic heterocycles. The van der Waals surface area contributed by atoms with Gasteiger partial charge in [0.25, 0.3) is 0 Å². The Morgan fingerprint density at radius 3 is 2.79 bits per heavy atom. The van der Waals surface area contributed by atoms with Crippen LogP contribution in [0.15, 0.2) is 24.5 Å². The number of carbonyl (C=O) groups excluding carboxylic acids is 1. The molecule has 0 radical (unpaired) electrons. The molecule has 1 amide bonds. The smallest absolute Gasteiger partial charge is 0.236 e. The molecule has 1 rings (SSSR count). The van der Waals surface area contributed by atoms with Crippen LogP contribution in [0.4, 0.5) is 0 Å². The summed E-state index contributed by atoms with van der Waals surface area (Å²) in [5.74, 6) is 0.0580. The molecule has 1 heterocycles. The van der Waals surface area contributed by atoms with Gasteiger partial charge in [0, 0.05) is 39.0 Å². The molecule has 19 heavy (non-hydrogen) atoms. The molecule has 0 aliphatic carbocycles. The molecular weight excluding hydrogens is 260 g/mol. The van der Waals surface area contributed by atoms with E-state index in [1.165, 1.54) is 0 Å². The van der Waals surface area contributed by atoms with Crippen molar-refractivity contribution >= 4 is 23.1 Å². The summed E-state index contributed by atoms with van der Waals surface area (Å²) in [5, 5.41) is 0. The van der Waals surface area contributed by atoms with Crippen molar-refractivity contribution in [3.63, 3.8) is 0 Å². The average molecular weight is 280 g/mol. The summed E-state index contributed by atoms with van der Waals surface area (Å²) in [4.78, 5) is 20.0. The minimum atomic E-state index is 0.0580. The highest BCUT2D eigenvalue weighted by molar-refractivity contribution is 7.80. The largest absolute Gasteiger partial charge is 0.393 e. The summed E-state index contributed by atoms with van der Waals surface area (Å²) in [6, 6.07) is 3.88. The zero-order chi connectivity index (χ0) is 14.3. The van der Waals surface area contributed by atoms with Crippen LogP contribution in [0.5, 0.6) is 0 Å². The lowest BCUT2D eigenvalue weighted by atomic mass is 10.2. The summed E-state index contributed by atoms with van der Waals surface area (Å²) < 4.78 is 0. The first kappa shape index (κ1) is 15.5. The van der Waals surface area contributed by atoms with Crippen molar-refractivity contribution in [3.05, 3.63) is 30.1 Å². The molecule has 5 nitrogen and oxygen atoms in total. The number of amides is 1. The standard InChI is InChI=1S/C13H20N4OS/c1-16(9-11-4-3-6-15-8-11)10-13(18)17(2)7-5-12(14)19/h3-4,6,8H,5,7,9-10H2,1-2H3,(H2,14,19). The monoisotopic (exact) mass is 280 g/mol. The first-order valence-corrected chi connectivity index (χ1v) is 6.49. The highest BCUT2D eigenvalue weighted by Gasteiger charge is 2.12. The van der Waals surface area contributed by atoms with E-state index in [0.29, 0.717) is 31.0 Å². The molecule has 0 fully saturated rings. The summed E-state index contributed by atoms with van der Waals surface area (Å²) in [7, 11) is 3.67. The predicted octanol–water partition coefficient (Wildman–Crippen LogP) is 0.648. The molecule has 104 valence electrons. The van der Waals surface area contributed by atoms with Crippen molar-refractivity contribution in [2.24, 2.45) is 5.73 Å². The van der Waals surface area contributed by atoms with Crippen molar-refractivity contribution in [1.29, 1.82) is 0 Å². The number of aromatic nitrogens is 1. The van der Waals surface area contributed by atoms with Crippen LogP contribution in [0.2, 0.25) is 0 Å². The lowest BCUT2D eigenvalue weighted by Crippen LogP contribution is -2.37. The van der Waals surface area contributed by atoms with E-state index in [2.05, 4.69) is 4.98 Å². The number of carbonyl (C=O) groups is 1. The molecule has 0 aliphatic rings. The molecule has 6 heteroatoms. The first-order chi connectivity index (χ1) is 8.99. The zero-order valence-corrected chi connectivity index (χ0v) is 12.2. The van der Waals surface area contributed by atoms with E-state index in [1.807, 2.05) is 24.1 Å². The number of rotatable bonds is 7. The number of hydrogen-bond acceptors (Lipinski definition) is 4. The zero-order valence-electron chi connectivity index (χ0n) is 11.4. The molecule has 0 unspecified atom stereocenters. The van der Waals surface area contributed by atoms with Crippen LogP contribution in [0.3, 0.4) is 0 Å². The molecule has 0 aromatic carbocycles. The third kappa shape index (κ3) is 6.26. The SMILES string of the molecule is CN(CC(=O)N(C)CCC(N)=S)Cc1cccnc1. The molecule has 0 spiro atoms. The molecule has 0 bridgehead atoms. The van der Waals surface area contributed by atoms with Gasteiger partial charge in [-0.3, -0.25) is 14.7 Å². The summed E-state index contributed by atoms with van der Waals surface area (Å²) >= 11 is 4.80. The first-order valence-electron chi connectivity index (χ1n) is 6.08. The van der Waals surface area contributed by atoms with Gasteiger partial charge < -0.3 is 10.6 Å². The van der Waals surface area contributed by atoms with Crippen LogP contribution in [0, 0.1) is 0 Å². The molecule has 1 aromatic heterocycles. The second-order valence-electron chi connectivity index (χ2n) is 4.57. The predicted molar refractivity (Wildman–Crippen MR) is 79.6 cm³/mol. The molecular formula is C13H20N4OS. The quantitative estimate of drug-likeness (QED) is 0.743. The van der Waals surface area contributed by atoms with Gasteiger partial charge in [-0.05, 0) is 18.7 Å². The molecule has 1 aromatic rings. The van der Waals surface area contributed by atoms with Crippen LogP contribution in [-0.4, -0.2) is 52.9 Å². The van der Waals surface area contributed by atoms with Gasteiger partial charge in [0.05, 0.1) is 11.5 Å². The Hall–Kier alpha value is -1.53. The van der Waals surface area contributed by atoms with Gasteiger partial charge in [-0.2, -0.15) is 0 Å². The number of hydrogen-bond donors (Lipinski definition) is 1. The maximum Gasteiger partial charge on any atom is 0.236 e. The molecule has 0 saturated heterocycles. The number of thiocarbonyl (C=S) groups is 1. The van der Waals surface area contributed by atoms with Crippen molar-refractivity contribution < 1.29 is 4.79 Å². The fourth-order valence-corrected chi connectivity index (χ4v) is 1.70. The lowest BCUT2D eigenvalue weighted by molar-refractivity contribution is -0.130. The van der Waals surface area contributed by atoms with E-state index < -0.39 is 0 Å². The van der Waals surface area contributed by atoms with E-state index in [1.54, 1.807) is 24.3 Å².